The van der Waals surface area contributed by atoms with E-state index in [0.717, 1.165) is 19.4 Å². The lowest BCUT2D eigenvalue weighted by molar-refractivity contribution is -0.140. The highest BCUT2D eigenvalue weighted by molar-refractivity contribution is 5.83. The monoisotopic (exact) mass is 228 g/mol. The van der Waals surface area contributed by atoms with Crippen LogP contribution in [0.1, 0.15) is 33.1 Å². The van der Waals surface area contributed by atoms with Gasteiger partial charge in [-0.2, -0.15) is 0 Å². The molecule has 1 rings (SSSR count). The number of nitrogens with two attached hydrogens (primary N) is 1. The van der Waals surface area contributed by atoms with Gasteiger partial charge >= 0.3 is 6.09 Å². The third-order valence-electron chi connectivity index (χ3n) is 2.58. The molecule has 0 aliphatic carbocycles. The molecule has 92 valence electrons. The summed E-state index contributed by atoms with van der Waals surface area (Å²) in [4.78, 5) is 24.5. The van der Waals surface area contributed by atoms with Crippen LogP contribution in [0.2, 0.25) is 0 Å². The standard InChI is InChI=1S/C11H20N2O3/c1-8(2)7-13-6-4-3-5-9(10(13)14)16-11(12)15/h8-9H,3-7H2,1-2H3,(H2,12,15)/t9-/m1/s1. The van der Waals surface area contributed by atoms with Crippen LogP contribution in [0.15, 0.2) is 0 Å². The topological polar surface area (TPSA) is 72.6 Å². The first-order valence-corrected chi connectivity index (χ1v) is 5.75. The molecule has 0 spiro atoms. The second-order valence-electron chi connectivity index (χ2n) is 4.60. The second kappa shape index (κ2) is 5.72. The van der Waals surface area contributed by atoms with Gasteiger partial charge in [-0.1, -0.05) is 13.8 Å². The lowest BCUT2D eigenvalue weighted by Crippen LogP contribution is -2.42. The largest absolute Gasteiger partial charge is 0.436 e. The Morgan fingerprint density at radius 3 is 2.81 bits per heavy atom. The minimum absolute atomic E-state index is 0.106. The fourth-order valence-electron chi connectivity index (χ4n) is 1.94. The van der Waals surface area contributed by atoms with Gasteiger partial charge in [0.15, 0.2) is 6.10 Å². The van der Waals surface area contributed by atoms with Crippen LogP contribution in [0.25, 0.3) is 0 Å². The molecule has 1 fully saturated rings. The average Bonchev–Trinajstić information content (AvgIpc) is 2.31. The predicted octanol–water partition coefficient (Wildman–Crippen LogP) is 1.12. The van der Waals surface area contributed by atoms with Gasteiger partial charge in [-0.25, -0.2) is 4.79 Å². The van der Waals surface area contributed by atoms with Crippen molar-refractivity contribution in [2.45, 2.75) is 39.2 Å². The average molecular weight is 228 g/mol. The van der Waals surface area contributed by atoms with Crippen molar-refractivity contribution in [3.05, 3.63) is 0 Å². The highest BCUT2D eigenvalue weighted by Gasteiger charge is 2.29. The van der Waals surface area contributed by atoms with Crippen molar-refractivity contribution >= 4 is 12.0 Å². The highest BCUT2D eigenvalue weighted by Crippen LogP contribution is 2.16. The van der Waals surface area contributed by atoms with E-state index in [1.165, 1.54) is 0 Å². The van der Waals surface area contributed by atoms with Crippen LogP contribution in [-0.4, -0.2) is 36.1 Å². The number of hydrogen-bond donors (Lipinski definition) is 1. The van der Waals surface area contributed by atoms with Gasteiger partial charge in [0.05, 0.1) is 0 Å². The molecule has 5 nitrogen and oxygen atoms in total. The second-order valence-corrected chi connectivity index (χ2v) is 4.60. The van der Waals surface area contributed by atoms with Crippen molar-refractivity contribution < 1.29 is 14.3 Å². The van der Waals surface area contributed by atoms with Gasteiger partial charge < -0.3 is 15.4 Å². The van der Waals surface area contributed by atoms with Crippen LogP contribution in [0.4, 0.5) is 4.79 Å². The summed E-state index contributed by atoms with van der Waals surface area (Å²) in [5, 5.41) is 0. The molecule has 1 heterocycles. The van der Waals surface area contributed by atoms with Crippen LogP contribution in [0, 0.1) is 5.92 Å². The highest BCUT2D eigenvalue weighted by atomic mass is 16.6. The first-order valence-electron chi connectivity index (χ1n) is 5.75. The van der Waals surface area contributed by atoms with Gasteiger partial charge in [0, 0.05) is 13.1 Å². The smallest absolute Gasteiger partial charge is 0.405 e. The molecule has 5 heteroatoms. The molecule has 0 bridgehead atoms. The Bertz CT molecular complexity index is 266. The van der Waals surface area contributed by atoms with E-state index < -0.39 is 12.2 Å². The van der Waals surface area contributed by atoms with Gasteiger partial charge in [0.2, 0.25) is 0 Å². The van der Waals surface area contributed by atoms with Gasteiger partial charge in [-0.15, -0.1) is 0 Å². The van der Waals surface area contributed by atoms with E-state index in [1.807, 2.05) is 0 Å². The van der Waals surface area contributed by atoms with Crippen LogP contribution in [0.5, 0.6) is 0 Å². The Hall–Kier alpha value is -1.26. The maximum Gasteiger partial charge on any atom is 0.405 e. The van der Waals surface area contributed by atoms with Gasteiger partial charge in [-0.3, -0.25) is 4.79 Å². The molecular weight excluding hydrogens is 208 g/mol. The van der Waals surface area contributed by atoms with Crippen molar-refractivity contribution in [3.8, 4) is 0 Å². The van der Waals surface area contributed by atoms with E-state index in [4.69, 9.17) is 10.5 Å². The van der Waals surface area contributed by atoms with Crippen LogP contribution in [0.3, 0.4) is 0 Å². The van der Waals surface area contributed by atoms with Crippen LogP contribution >= 0.6 is 0 Å². The number of likely N-dealkylation sites (tertiary alicyclic amines) is 1. The summed E-state index contributed by atoms with van der Waals surface area (Å²) in [5.41, 5.74) is 4.95. The molecule has 0 saturated carbocycles. The SMILES string of the molecule is CC(C)CN1CCCC[C@@H](OC(N)=O)C1=O. The fraction of sp³-hybridized carbons (Fsp3) is 0.818. The number of carbonyl (C=O) groups is 2. The zero-order valence-electron chi connectivity index (χ0n) is 9.94. The predicted molar refractivity (Wildman–Crippen MR) is 59.7 cm³/mol. The molecule has 0 aromatic rings. The summed E-state index contributed by atoms with van der Waals surface area (Å²) in [6.45, 7) is 5.57. The van der Waals surface area contributed by atoms with Crippen LogP contribution in [-0.2, 0) is 9.53 Å². The first kappa shape index (κ1) is 12.8. The molecule has 0 unspecified atom stereocenters. The summed E-state index contributed by atoms with van der Waals surface area (Å²) in [5.74, 6) is 0.307. The Kier molecular flexibility index (Phi) is 4.58. The summed E-state index contributed by atoms with van der Waals surface area (Å²) < 4.78 is 4.84. The van der Waals surface area contributed by atoms with Crippen molar-refractivity contribution in [1.82, 2.24) is 4.90 Å². The number of rotatable bonds is 3. The number of ether oxygens (including phenoxy) is 1. The van der Waals surface area contributed by atoms with E-state index in [9.17, 15) is 9.59 Å². The molecule has 0 aromatic heterocycles. The number of primary amides is 1. The quantitative estimate of drug-likeness (QED) is 0.786. The Balaban J connectivity index is 2.64. The van der Waals surface area contributed by atoms with E-state index in [0.29, 0.717) is 18.9 Å². The van der Waals surface area contributed by atoms with E-state index >= 15 is 0 Å². The molecule has 2 amide bonds. The van der Waals surface area contributed by atoms with Gasteiger partial charge in [0.25, 0.3) is 5.91 Å². The Morgan fingerprint density at radius 1 is 1.56 bits per heavy atom. The van der Waals surface area contributed by atoms with Crippen molar-refractivity contribution in [1.29, 1.82) is 0 Å². The molecule has 1 aliphatic rings. The minimum Gasteiger partial charge on any atom is -0.436 e. The third-order valence-corrected chi connectivity index (χ3v) is 2.58. The molecule has 0 radical (unpaired) electrons. The maximum atomic E-state index is 12.0. The van der Waals surface area contributed by atoms with Crippen molar-refractivity contribution in [2.75, 3.05) is 13.1 Å². The third kappa shape index (κ3) is 3.72. The molecule has 1 saturated heterocycles. The van der Waals surface area contributed by atoms with Gasteiger partial charge in [0.1, 0.15) is 0 Å². The van der Waals surface area contributed by atoms with E-state index in [2.05, 4.69) is 13.8 Å². The van der Waals surface area contributed by atoms with Crippen molar-refractivity contribution in [2.24, 2.45) is 11.7 Å². The Labute approximate surface area is 95.9 Å². The molecule has 1 atom stereocenters. The summed E-state index contributed by atoms with van der Waals surface area (Å²) >= 11 is 0. The first-order chi connectivity index (χ1) is 7.50. The molecule has 16 heavy (non-hydrogen) atoms. The van der Waals surface area contributed by atoms with E-state index in [1.54, 1.807) is 4.90 Å². The Morgan fingerprint density at radius 2 is 2.25 bits per heavy atom. The number of hydrogen-bond acceptors (Lipinski definition) is 3. The molecule has 2 N–H and O–H groups in total. The number of nitrogens with zero attached hydrogens (tertiary/aromatic N) is 1. The summed E-state index contributed by atoms with van der Waals surface area (Å²) in [6.07, 6.45) is 0.870. The lowest BCUT2D eigenvalue weighted by atomic mass is 10.2. The molecule has 1 aliphatic heterocycles. The normalized spacial score (nSPS) is 22.1. The summed E-state index contributed by atoms with van der Waals surface area (Å²) in [7, 11) is 0. The van der Waals surface area contributed by atoms with Crippen molar-refractivity contribution in [3.63, 3.8) is 0 Å². The molecular formula is C11H20N2O3. The molecule has 0 aromatic carbocycles. The number of amides is 2. The van der Waals surface area contributed by atoms with Crippen LogP contribution < -0.4 is 5.73 Å². The zero-order chi connectivity index (χ0) is 12.1. The summed E-state index contributed by atoms with van der Waals surface area (Å²) in [6, 6.07) is 0. The lowest BCUT2D eigenvalue weighted by Gasteiger charge is -2.25. The zero-order valence-corrected chi connectivity index (χ0v) is 9.94. The number of carbonyl (C=O) groups excluding carboxylic acids is 2. The van der Waals surface area contributed by atoms with Gasteiger partial charge in [-0.05, 0) is 25.2 Å². The fourth-order valence-corrected chi connectivity index (χ4v) is 1.94. The van der Waals surface area contributed by atoms with E-state index in [-0.39, 0.29) is 5.91 Å². The maximum absolute atomic E-state index is 12.0. The minimum atomic E-state index is -0.871.